The van der Waals surface area contributed by atoms with Crippen molar-refractivity contribution >= 4 is 35.4 Å². The maximum absolute atomic E-state index is 12.1. The molecule has 0 aliphatic carbocycles. The normalized spacial score (nSPS) is 10.6. The summed E-state index contributed by atoms with van der Waals surface area (Å²) in [6.07, 6.45) is 1.44. The summed E-state index contributed by atoms with van der Waals surface area (Å²) in [5.74, 6) is -0.723. The largest absolute Gasteiger partial charge is 0.423 e. The Hall–Kier alpha value is -4.04. The first-order valence-electron chi connectivity index (χ1n) is 8.58. The van der Waals surface area contributed by atoms with Gasteiger partial charge in [-0.05, 0) is 66.2 Å². The van der Waals surface area contributed by atoms with Crippen molar-refractivity contribution in [3.63, 3.8) is 0 Å². The number of carbonyl (C=O) groups is 2. The van der Waals surface area contributed by atoms with Gasteiger partial charge in [0, 0.05) is 22.7 Å². The zero-order chi connectivity index (χ0) is 21.5. The Labute approximate surface area is 175 Å². The van der Waals surface area contributed by atoms with Gasteiger partial charge in [-0.2, -0.15) is 5.10 Å². The smallest absolute Gasteiger partial charge is 0.343 e. The molecule has 0 unspecified atom stereocenters. The fourth-order valence-electron chi connectivity index (χ4n) is 2.34. The van der Waals surface area contributed by atoms with Crippen molar-refractivity contribution in [1.29, 1.82) is 0 Å². The minimum absolute atomic E-state index is 0.113. The molecule has 0 atom stereocenters. The van der Waals surface area contributed by atoms with Gasteiger partial charge in [0.05, 0.1) is 16.7 Å². The summed E-state index contributed by atoms with van der Waals surface area (Å²) in [5.41, 5.74) is 3.57. The molecule has 1 N–H and O–H groups in total. The molecule has 150 valence electrons. The highest BCUT2D eigenvalue weighted by molar-refractivity contribution is 6.30. The molecular formula is C21H14ClN3O5. The molecule has 0 fully saturated rings. The molecular weight excluding hydrogens is 410 g/mol. The number of halogens is 1. The Morgan fingerprint density at radius 1 is 0.933 bits per heavy atom. The van der Waals surface area contributed by atoms with Gasteiger partial charge in [-0.1, -0.05) is 11.6 Å². The monoisotopic (exact) mass is 423 g/mol. The Bertz CT molecular complexity index is 1090. The molecule has 0 heterocycles. The second-order valence-corrected chi connectivity index (χ2v) is 6.40. The van der Waals surface area contributed by atoms with Crippen LogP contribution in [0.5, 0.6) is 5.75 Å². The molecule has 0 spiro atoms. The van der Waals surface area contributed by atoms with Crippen LogP contribution >= 0.6 is 11.6 Å². The molecule has 0 aliphatic heterocycles. The molecule has 0 radical (unpaired) electrons. The summed E-state index contributed by atoms with van der Waals surface area (Å²) in [7, 11) is 0. The van der Waals surface area contributed by atoms with E-state index in [-0.39, 0.29) is 17.2 Å². The van der Waals surface area contributed by atoms with Crippen LogP contribution in [0.2, 0.25) is 5.02 Å². The van der Waals surface area contributed by atoms with E-state index in [0.29, 0.717) is 21.9 Å². The Kier molecular flexibility index (Phi) is 6.51. The van der Waals surface area contributed by atoms with Crippen LogP contribution in [0.4, 0.5) is 5.69 Å². The second-order valence-electron chi connectivity index (χ2n) is 5.97. The quantitative estimate of drug-likeness (QED) is 0.210. The van der Waals surface area contributed by atoms with Crippen molar-refractivity contribution in [1.82, 2.24) is 5.43 Å². The summed E-state index contributed by atoms with van der Waals surface area (Å²) in [6.45, 7) is 0. The lowest BCUT2D eigenvalue weighted by Crippen LogP contribution is -2.17. The molecule has 0 saturated carbocycles. The van der Waals surface area contributed by atoms with Crippen molar-refractivity contribution in [2.24, 2.45) is 5.10 Å². The standard InChI is InChI=1S/C21H14ClN3O5/c22-17-7-3-15(4-8-17)20(26)24-23-13-14-1-11-19(12-2-14)30-21(27)16-5-9-18(10-6-16)25(28)29/h1-13H,(H,24,26)/b23-13+. The van der Waals surface area contributed by atoms with Crippen LogP contribution in [0.3, 0.4) is 0 Å². The summed E-state index contributed by atoms with van der Waals surface area (Å²) in [6, 6.07) is 17.9. The first kappa shape index (κ1) is 20.7. The highest BCUT2D eigenvalue weighted by atomic mass is 35.5. The number of rotatable bonds is 6. The van der Waals surface area contributed by atoms with Gasteiger partial charge in [-0.3, -0.25) is 14.9 Å². The van der Waals surface area contributed by atoms with Gasteiger partial charge in [0.25, 0.3) is 11.6 Å². The van der Waals surface area contributed by atoms with E-state index < -0.39 is 10.9 Å². The van der Waals surface area contributed by atoms with E-state index in [1.165, 1.54) is 30.5 Å². The van der Waals surface area contributed by atoms with Crippen molar-refractivity contribution in [3.05, 3.63) is 105 Å². The molecule has 3 rings (SSSR count). The number of hydrazone groups is 1. The van der Waals surface area contributed by atoms with E-state index >= 15 is 0 Å². The Morgan fingerprint density at radius 2 is 1.53 bits per heavy atom. The molecule has 30 heavy (non-hydrogen) atoms. The van der Waals surface area contributed by atoms with Crippen molar-refractivity contribution in [2.75, 3.05) is 0 Å². The highest BCUT2D eigenvalue weighted by Gasteiger charge is 2.11. The van der Waals surface area contributed by atoms with Crippen LogP contribution in [0.1, 0.15) is 26.3 Å². The van der Waals surface area contributed by atoms with Crippen LogP contribution in [-0.2, 0) is 0 Å². The topological polar surface area (TPSA) is 111 Å². The van der Waals surface area contributed by atoms with Gasteiger partial charge in [0.2, 0.25) is 0 Å². The number of ether oxygens (including phenoxy) is 1. The SMILES string of the molecule is O=C(N/N=C/c1ccc(OC(=O)c2ccc([N+](=O)[O-])cc2)cc1)c1ccc(Cl)cc1. The zero-order valence-corrected chi connectivity index (χ0v) is 16.1. The highest BCUT2D eigenvalue weighted by Crippen LogP contribution is 2.16. The molecule has 0 aliphatic rings. The predicted octanol–water partition coefficient (Wildman–Crippen LogP) is 4.23. The van der Waals surface area contributed by atoms with Crippen molar-refractivity contribution in [3.8, 4) is 5.75 Å². The third kappa shape index (κ3) is 5.49. The number of nitrogens with one attached hydrogen (secondary N) is 1. The lowest BCUT2D eigenvalue weighted by Gasteiger charge is -2.04. The summed E-state index contributed by atoms with van der Waals surface area (Å²) in [5, 5.41) is 15.1. The van der Waals surface area contributed by atoms with Crippen LogP contribution in [0.25, 0.3) is 0 Å². The lowest BCUT2D eigenvalue weighted by molar-refractivity contribution is -0.384. The fourth-order valence-corrected chi connectivity index (χ4v) is 2.46. The number of amides is 1. The van der Waals surface area contributed by atoms with E-state index in [4.69, 9.17) is 16.3 Å². The van der Waals surface area contributed by atoms with Gasteiger partial charge >= 0.3 is 5.97 Å². The average Bonchev–Trinajstić information content (AvgIpc) is 2.75. The van der Waals surface area contributed by atoms with Gasteiger partial charge in [0.1, 0.15) is 5.75 Å². The van der Waals surface area contributed by atoms with Gasteiger partial charge < -0.3 is 4.74 Å². The molecule has 0 saturated heterocycles. The van der Waals surface area contributed by atoms with Gasteiger partial charge in [0.15, 0.2) is 0 Å². The number of esters is 1. The number of carbonyl (C=O) groups excluding carboxylic acids is 2. The van der Waals surface area contributed by atoms with Gasteiger partial charge in [-0.25, -0.2) is 10.2 Å². The summed E-state index contributed by atoms with van der Waals surface area (Å²) >= 11 is 5.78. The Morgan fingerprint density at radius 3 is 2.13 bits per heavy atom. The number of non-ortho nitro benzene ring substituents is 1. The average molecular weight is 424 g/mol. The third-order valence-electron chi connectivity index (χ3n) is 3.89. The third-order valence-corrected chi connectivity index (χ3v) is 4.14. The van der Waals surface area contributed by atoms with Crippen LogP contribution in [0, 0.1) is 10.1 Å². The zero-order valence-electron chi connectivity index (χ0n) is 15.3. The summed E-state index contributed by atoms with van der Waals surface area (Å²) < 4.78 is 5.23. The molecule has 1 amide bonds. The van der Waals surface area contributed by atoms with E-state index in [2.05, 4.69) is 10.5 Å². The maximum atomic E-state index is 12.1. The predicted molar refractivity (Wildman–Crippen MR) is 111 cm³/mol. The van der Waals surface area contributed by atoms with Crippen LogP contribution < -0.4 is 10.2 Å². The number of hydrogen-bond acceptors (Lipinski definition) is 6. The van der Waals surface area contributed by atoms with E-state index in [1.54, 1.807) is 48.5 Å². The maximum Gasteiger partial charge on any atom is 0.343 e. The molecule has 9 heteroatoms. The number of benzene rings is 3. The van der Waals surface area contributed by atoms with Crippen molar-refractivity contribution in [2.45, 2.75) is 0 Å². The number of nitrogens with zero attached hydrogens (tertiary/aromatic N) is 2. The van der Waals surface area contributed by atoms with E-state index in [1.807, 2.05) is 0 Å². The first-order chi connectivity index (χ1) is 14.4. The fraction of sp³-hybridized carbons (Fsp3) is 0. The van der Waals surface area contributed by atoms with E-state index in [0.717, 1.165) is 0 Å². The molecule has 8 nitrogen and oxygen atoms in total. The lowest BCUT2D eigenvalue weighted by atomic mass is 10.2. The molecule has 3 aromatic rings. The minimum Gasteiger partial charge on any atom is -0.423 e. The van der Waals surface area contributed by atoms with Gasteiger partial charge in [-0.15, -0.1) is 0 Å². The second kappa shape index (κ2) is 9.44. The first-order valence-corrected chi connectivity index (χ1v) is 8.96. The minimum atomic E-state index is -0.637. The van der Waals surface area contributed by atoms with Crippen molar-refractivity contribution < 1.29 is 19.2 Å². The summed E-state index contributed by atoms with van der Waals surface area (Å²) in [4.78, 5) is 34.2. The van der Waals surface area contributed by atoms with E-state index in [9.17, 15) is 19.7 Å². The molecule has 3 aromatic carbocycles. The number of hydrogen-bond donors (Lipinski definition) is 1. The molecule has 0 bridgehead atoms. The Balaban J connectivity index is 1.55. The van der Waals surface area contributed by atoms with Crippen LogP contribution in [0.15, 0.2) is 77.9 Å². The number of nitro benzene ring substituents is 1. The molecule has 0 aromatic heterocycles. The van der Waals surface area contributed by atoms with Crippen LogP contribution in [-0.4, -0.2) is 23.0 Å². The number of nitro groups is 1.